The van der Waals surface area contributed by atoms with Gasteiger partial charge in [-0.3, -0.25) is 4.79 Å². The predicted octanol–water partition coefficient (Wildman–Crippen LogP) is 4.31. The second-order valence-corrected chi connectivity index (χ2v) is 7.73. The number of nitrogens with zero attached hydrogens (tertiary/aromatic N) is 2. The van der Waals surface area contributed by atoms with Crippen molar-refractivity contribution in [2.75, 3.05) is 11.9 Å². The van der Waals surface area contributed by atoms with Crippen LogP contribution in [0.4, 0.5) is 5.00 Å². The van der Waals surface area contributed by atoms with Crippen LogP contribution in [0.5, 0.6) is 0 Å². The van der Waals surface area contributed by atoms with Crippen LogP contribution >= 0.6 is 22.7 Å². The smallest absolute Gasteiger partial charge is 0.348 e. The Morgan fingerprint density at radius 1 is 1.37 bits per heavy atom. The number of nitrogens with one attached hydrogen (secondary N) is 1. The van der Waals surface area contributed by atoms with Gasteiger partial charge in [0.2, 0.25) is 17.6 Å². The number of hydrogen-bond acceptors (Lipinski definition) is 8. The minimum absolute atomic E-state index is 0.121. The van der Waals surface area contributed by atoms with Gasteiger partial charge in [0.1, 0.15) is 4.88 Å². The van der Waals surface area contributed by atoms with Gasteiger partial charge in [-0.05, 0) is 43.3 Å². The number of anilines is 1. The number of ether oxygens (including phenoxy) is 1. The maximum Gasteiger partial charge on any atom is 0.348 e. The summed E-state index contributed by atoms with van der Waals surface area (Å²) >= 11 is 2.77. The minimum Gasteiger partial charge on any atom is -0.462 e. The lowest BCUT2D eigenvalue weighted by atomic mass is 10.2. The molecule has 0 fully saturated rings. The molecule has 0 aliphatic carbocycles. The third-order valence-corrected chi connectivity index (χ3v) is 5.64. The van der Waals surface area contributed by atoms with Crippen LogP contribution in [-0.4, -0.2) is 28.6 Å². The molecule has 0 saturated heterocycles. The van der Waals surface area contributed by atoms with E-state index < -0.39 is 0 Å². The molecule has 0 radical (unpaired) electrons. The van der Waals surface area contributed by atoms with Crippen LogP contribution in [0.15, 0.2) is 28.1 Å². The zero-order valence-electron chi connectivity index (χ0n) is 15.0. The summed E-state index contributed by atoms with van der Waals surface area (Å²) in [6, 6.07) is 5.64. The van der Waals surface area contributed by atoms with Gasteiger partial charge in [0.15, 0.2) is 0 Å². The molecule has 3 rings (SSSR count). The van der Waals surface area contributed by atoms with Crippen molar-refractivity contribution in [3.05, 3.63) is 39.9 Å². The monoisotopic (exact) mass is 405 g/mol. The summed E-state index contributed by atoms with van der Waals surface area (Å²) in [7, 11) is 0. The first-order chi connectivity index (χ1) is 13.1. The number of aryl methyl sites for hydroxylation is 2. The molecule has 9 heteroatoms. The molecule has 3 aromatic heterocycles. The average molecular weight is 406 g/mol. The fraction of sp³-hybridized carbons (Fsp3) is 0.333. The van der Waals surface area contributed by atoms with Gasteiger partial charge < -0.3 is 14.6 Å². The molecule has 0 spiro atoms. The van der Waals surface area contributed by atoms with Crippen molar-refractivity contribution >= 4 is 39.6 Å². The molecule has 3 aromatic rings. The topological polar surface area (TPSA) is 94.3 Å². The molecular weight excluding hydrogens is 386 g/mol. The SMILES string of the molecule is CCOC(=O)c1sc(NC(=O)CCCc2nc(-c3cccs3)no2)cc1C. The zero-order valence-corrected chi connectivity index (χ0v) is 16.6. The third kappa shape index (κ3) is 5.01. The van der Waals surface area contributed by atoms with Gasteiger partial charge >= 0.3 is 5.97 Å². The Morgan fingerprint density at radius 2 is 2.22 bits per heavy atom. The number of carbonyl (C=O) groups is 2. The van der Waals surface area contributed by atoms with E-state index in [-0.39, 0.29) is 11.9 Å². The Bertz CT molecular complexity index is 915. The Balaban J connectivity index is 1.47. The number of hydrogen-bond donors (Lipinski definition) is 1. The third-order valence-electron chi connectivity index (χ3n) is 3.65. The Morgan fingerprint density at radius 3 is 2.96 bits per heavy atom. The number of esters is 1. The predicted molar refractivity (Wildman–Crippen MR) is 104 cm³/mol. The highest BCUT2D eigenvalue weighted by molar-refractivity contribution is 7.18. The summed E-state index contributed by atoms with van der Waals surface area (Å²) < 4.78 is 10.2. The van der Waals surface area contributed by atoms with Gasteiger partial charge in [-0.25, -0.2) is 4.79 Å². The quantitative estimate of drug-likeness (QED) is 0.561. The van der Waals surface area contributed by atoms with E-state index in [9.17, 15) is 9.59 Å². The van der Waals surface area contributed by atoms with Gasteiger partial charge in [0.05, 0.1) is 16.5 Å². The highest BCUT2D eigenvalue weighted by atomic mass is 32.1. The molecule has 0 unspecified atom stereocenters. The van der Waals surface area contributed by atoms with Crippen molar-refractivity contribution in [1.29, 1.82) is 0 Å². The Labute approximate surface area is 164 Å². The molecule has 3 heterocycles. The Kier molecular flexibility index (Phi) is 6.36. The van der Waals surface area contributed by atoms with E-state index in [1.807, 2.05) is 24.4 Å². The zero-order chi connectivity index (χ0) is 19.2. The minimum atomic E-state index is -0.363. The van der Waals surface area contributed by atoms with E-state index >= 15 is 0 Å². The van der Waals surface area contributed by atoms with Gasteiger partial charge in [-0.1, -0.05) is 11.2 Å². The van der Waals surface area contributed by atoms with E-state index in [1.54, 1.807) is 24.3 Å². The van der Waals surface area contributed by atoms with Gasteiger partial charge in [-0.2, -0.15) is 4.98 Å². The molecule has 142 valence electrons. The maximum absolute atomic E-state index is 12.1. The van der Waals surface area contributed by atoms with E-state index in [0.717, 1.165) is 10.4 Å². The van der Waals surface area contributed by atoms with E-state index in [2.05, 4.69) is 15.5 Å². The van der Waals surface area contributed by atoms with Gasteiger partial charge in [0, 0.05) is 12.8 Å². The fourth-order valence-corrected chi connectivity index (χ4v) is 4.04. The molecule has 27 heavy (non-hydrogen) atoms. The number of rotatable bonds is 8. The second kappa shape index (κ2) is 8.92. The molecule has 1 amide bonds. The molecular formula is C18H19N3O4S2. The second-order valence-electron chi connectivity index (χ2n) is 5.73. The summed E-state index contributed by atoms with van der Waals surface area (Å²) in [5.74, 6) is 0.607. The summed E-state index contributed by atoms with van der Waals surface area (Å²) in [5.41, 5.74) is 0.792. The lowest BCUT2D eigenvalue weighted by Gasteiger charge is -2.01. The fourth-order valence-electron chi connectivity index (χ4n) is 2.41. The highest BCUT2D eigenvalue weighted by Crippen LogP contribution is 2.27. The standard InChI is InChI=1S/C18H19N3O4S2/c1-3-24-18(23)16-11(2)10-15(27-16)19-13(22)7-4-8-14-20-17(21-25-14)12-6-5-9-26-12/h5-6,9-10H,3-4,7-8H2,1-2H3,(H,19,22). The van der Waals surface area contributed by atoms with E-state index in [0.29, 0.717) is 47.5 Å². The Hall–Kier alpha value is -2.52. The number of amides is 1. The first-order valence-electron chi connectivity index (χ1n) is 8.50. The molecule has 0 saturated carbocycles. The molecule has 7 nitrogen and oxygen atoms in total. The molecule has 0 aliphatic rings. The van der Waals surface area contributed by atoms with Gasteiger partial charge in [0.25, 0.3) is 0 Å². The molecule has 0 bridgehead atoms. The average Bonchev–Trinajstić information content (AvgIpc) is 3.35. The van der Waals surface area contributed by atoms with Crippen molar-refractivity contribution in [3.63, 3.8) is 0 Å². The lowest BCUT2D eigenvalue weighted by Crippen LogP contribution is -2.10. The summed E-state index contributed by atoms with van der Waals surface area (Å²) in [6.45, 7) is 3.90. The van der Waals surface area contributed by atoms with Crippen molar-refractivity contribution in [1.82, 2.24) is 10.1 Å². The summed E-state index contributed by atoms with van der Waals surface area (Å²) in [6.07, 6.45) is 1.44. The molecule has 0 aliphatic heterocycles. The molecule has 0 atom stereocenters. The highest BCUT2D eigenvalue weighted by Gasteiger charge is 2.16. The van der Waals surface area contributed by atoms with Crippen molar-refractivity contribution in [2.45, 2.75) is 33.1 Å². The van der Waals surface area contributed by atoms with Crippen LogP contribution < -0.4 is 5.32 Å². The molecule has 0 aromatic carbocycles. The van der Waals surface area contributed by atoms with Gasteiger partial charge in [-0.15, -0.1) is 22.7 Å². The van der Waals surface area contributed by atoms with Crippen LogP contribution in [0, 0.1) is 6.92 Å². The van der Waals surface area contributed by atoms with Crippen LogP contribution in [0.2, 0.25) is 0 Å². The number of thiophene rings is 2. The number of aromatic nitrogens is 2. The van der Waals surface area contributed by atoms with Crippen LogP contribution in [0.25, 0.3) is 10.7 Å². The summed E-state index contributed by atoms with van der Waals surface area (Å²) in [4.78, 5) is 29.8. The van der Waals surface area contributed by atoms with Crippen LogP contribution in [0.3, 0.4) is 0 Å². The van der Waals surface area contributed by atoms with Crippen molar-refractivity contribution in [3.8, 4) is 10.7 Å². The maximum atomic E-state index is 12.1. The normalized spacial score (nSPS) is 10.7. The first kappa shape index (κ1) is 19.2. The van der Waals surface area contributed by atoms with Crippen LogP contribution in [0.1, 0.15) is 40.9 Å². The van der Waals surface area contributed by atoms with E-state index in [4.69, 9.17) is 9.26 Å². The lowest BCUT2D eigenvalue weighted by molar-refractivity contribution is -0.116. The van der Waals surface area contributed by atoms with Crippen LogP contribution in [-0.2, 0) is 16.0 Å². The summed E-state index contributed by atoms with van der Waals surface area (Å²) in [5, 5.41) is 9.36. The van der Waals surface area contributed by atoms with Crippen molar-refractivity contribution < 1.29 is 18.8 Å². The molecule has 1 N–H and O–H groups in total. The van der Waals surface area contributed by atoms with E-state index in [1.165, 1.54) is 11.3 Å². The first-order valence-corrected chi connectivity index (χ1v) is 10.2. The van der Waals surface area contributed by atoms with Crippen molar-refractivity contribution in [2.24, 2.45) is 0 Å². The number of carbonyl (C=O) groups excluding carboxylic acids is 2. The largest absolute Gasteiger partial charge is 0.462 e.